The first-order chi connectivity index (χ1) is 9.54. The molecule has 0 heterocycles. The molecule has 0 aliphatic rings. The molecule has 0 saturated heterocycles. The molecule has 0 aliphatic heterocycles. The molecule has 0 bridgehead atoms. The van der Waals surface area contributed by atoms with E-state index in [9.17, 15) is 9.59 Å². The standard InChI is InChI=1S/C15H22N2O3/c1-3-20-15(19)11(2)10-17-14(18)9-13(16)12-7-5-4-6-8-12/h4-8,11,13H,3,9-10,16H2,1-2H3,(H,17,18). The van der Waals surface area contributed by atoms with Crippen LogP contribution in [0.4, 0.5) is 0 Å². The van der Waals surface area contributed by atoms with Crippen molar-refractivity contribution in [2.75, 3.05) is 13.2 Å². The van der Waals surface area contributed by atoms with E-state index in [4.69, 9.17) is 10.5 Å². The Morgan fingerprint density at radius 3 is 2.55 bits per heavy atom. The number of hydrogen-bond acceptors (Lipinski definition) is 4. The van der Waals surface area contributed by atoms with Crippen LogP contribution in [-0.2, 0) is 14.3 Å². The molecule has 2 atom stereocenters. The second kappa shape index (κ2) is 8.32. The number of amides is 1. The molecule has 20 heavy (non-hydrogen) atoms. The summed E-state index contributed by atoms with van der Waals surface area (Å²) in [5.41, 5.74) is 6.88. The topological polar surface area (TPSA) is 81.4 Å². The maximum atomic E-state index is 11.8. The van der Waals surface area contributed by atoms with Gasteiger partial charge in [0.25, 0.3) is 0 Å². The normalized spacial score (nSPS) is 13.3. The maximum Gasteiger partial charge on any atom is 0.310 e. The molecule has 0 spiro atoms. The second-order valence-corrected chi connectivity index (χ2v) is 4.68. The van der Waals surface area contributed by atoms with Gasteiger partial charge in [-0.3, -0.25) is 9.59 Å². The van der Waals surface area contributed by atoms with Gasteiger partial charge in [-0.25, -0.2) is 0 Å². The zero-order chi connectivity index (χ0) is 15.0. The molecule has 2 unspecified atom stereocenters. The summed E-state index contributed by atoms with van der Waals surface area (Å²) in [5, 5.41) is 2.70. The third kappa shape index (κ3) is 5.40. The fraction of sp³-hybridized carbons (Fsp3) is 0.467. The van der Waals surface area contributed by atoms with Gasteiger partial charge in [0.1, 0.15) is 0 Å². The number of nitrogens with one attached hydrogen (secondary N) is 1. The van der Waals surface area contributed by atoms with E-state index in [-0.39, 0.29) is 36.8 Å². The highest BCUT2D eigenvalue weighted by Gasteiger charge is 2.16. The van der Waals surface area contributed by atoms with E-state index in [1.165, 1.54) is 0 Å². The SMILES string of the molecule is CCOC(=O)C(C)CNC(=O)CC(N)c1ccccc1. The van der Waals surface area contributed by atoms with Crippen molar-refractivity contribution >= 4 is 11.9 Å². The van der Waals surface area contributed by atoms with E-state index in [0.29, 0.717) is 6.61 Å². The molecular weight excluding hydrogens is 256 g/mol. The predicted octanol–water partition coefficient (Wildman–Crippen LogP) is 1.39. The largest absolute Gasteiger partial charge is 0.466 e. The van der Waals surface area contributed by atoms with Crippen molar-refractivity contribution in [1.29, 1.82) is 0 Å². The average molecular weight is 278 g/mol. The lowest BCUT2D eigenvalue weighted by Gasteiger charge is -2.14. The van der Waals surface area contributed by atoms with Gasteiger partial charge in [0.05, 0.1) is 12.5 Å². The van der Waals surface area contributed by atoms with Crippen LogP contribution in [0, 0.1) is 5.92 Å². The predicted molar refractivity (Wildman–Crippen MR) is 76.8 cm³/mol. The number of carbonyl (C=O) groups is 2. The lowest BCUT2D eigenvalue weighted by Crippen LogP contribution is -2.34. The Hall–Kier alpha value is -1.88. The number of hydrogen-bond donors (Lipinski definition) is 2. The Morgan fingerprint density at radius 2 is 1.95 bits per heavy atom. The summed E-state index contributed by atoms with van der Waals surface area (Å²) >= 11 is 0. The van der Waals surface area contributed by atoms with E-state index in [0.717, 1.165) is 5.56 Å². The maximum absolute atomic E-state index is 11.8. The summed E-state index contributed by atoms with van der Waals surface area (Å²) in [4.78, 5) is 23.2. The quantitative estimate of drug-likeness (QED) is 0.739. The van der Waals surface area contributed by atoms with E-state index in [1.54, 1.807) is 13.8 Å². The molecule has 0 aliphatic carbocycles. The molecule has 0 fully saturated rings. The van der Waals surface area contributed by atoms with Gasteiger partial charge in [0, 0.05) is 19.0 Å². The lowest BCUT2D eigenvalue weighted by molar-refractivity contribution is -0.147. The molecule has 5 heteroatoms. The summed E-state index contributed by atoms with van der Waals surface area (Å²) < 4.78 is 4.87. The number of rotatable bonds is 7. The van der Waals surface area contributed by atoms with Gasteiger partial charge >= 0.3 is 5.97 Å². The van der Waals surface area contributed by atoms with Gasteiger partial charge in [-0.15, -0.1) is 0 Å². The number of benzene rings is 1. The van der Waals surface area contributed by atoms with Crippen molar-refractivity contribution in [3.05, 3.63) is 35.9 Å². The lowest BCUT2D eigenvalue weighted by atomic mass is 10.0. The Kier molecular flexibility index (Phi) is 6.73. The van der Waals surface area contributed by atoms with E-state index in [2.05, 4.69) is 5.32 Å². The fourth-order valence-electron chi connectivity index (χ4n) is 1.72. The first-order valence-electron chi connectivity index (χ1n) is 6.78. The molecule has 1 rings (SSSR count). The van der Waals surface area contributed by atoms with Gasteiger partial charge in [-0.05, 0) is 12.5 Å². The van der Waals surface area contributed by atoms with E-state index < -0.39 is 0 Å². The molecule has 3 N–H and O–H groups in total. The highest BCUT2D eigenvalue weighted by molar-refractivity contribution is 5.78. The molecular formula is C15H22N2O3. The summed E-state index contributed by atoms with van der Waals surface area (Å²) in [6.45, 7) is 4.08. The van der Waals surface area contributed by atoms with Crippen LogP contribution < -0.4 is 11.1 Å². The fourth-order valence-corrected chi connectivity index (χ4v) is 1.72. The monoisotopic (exact) mass is 278 g/mol. The Labute approximate surface area is 119 Å². The van der Waals surface area contributed by atoms with Gasteiger partial charge in [-0.2, -0.15) is 0 Å². The average Bonchev–Trinajstić information content (AvgIpc) is 2.45. The van der Waals surface area contributed by atoms with E-state index >= 15 is 0 Å². The molecule has 0 saturated carbocycles. The Morgan fingerprint density at radius 1 is 1.30 bits per heavy atom. The van der Waals surface area contributed by atoms with Gasteiger partial charge < -0.3 is 15.8 Å². The highest BCUT2D eigenvalue weighted by atomic mass is 16.5. The number of carbonyl (C=O) groups excluding carboxylic acids is 2. The molecule has 1 aromatic rings. The minimum atomic E-state index is -0.355. The van der Waals surface area contributed by atoms with Crippen LogP contribution in [0.15, 0.2) is 30.3 Å². The minimum Gasteiger partial charge on any atom is -0.466 e. The van der Waals surface area contributed by atoms with Crippen molar-refractivity contribution in [2.45, 2.75) is 26.3 Å². The minimum absolute atomic E-state index is 0.169. The first-order valence-corrected chi connectivity index (χ1v) is 6.78. The van der Waals surface area contributed by atoms with Gasteiger partial charge in [-0.1, -0.05) is 37.3 Å². The van der Waals surface area contributed by atoms with Crippen molar-refractivity contribution < 1.29 is 14.3 Å². The highest BCUT2D eigenvalue weighted by Crippen LogP contribution is 2.12. The molecule has 110 valence electrons. The number of nitrogens with two attached hydrogens (primary N) is 1. The summed E-state index contributed by atoms with van der Waals surface area (Å²) in [5.74, 6) is -0.829. The van der Waals surface area contributed by atoms with E-state index in [1.807, 2.05) is 30.3 Å². The van der Waals surface area contributed by atoms with Crippen molar-refractivity contribution in [3.8, 4) is 0 Å². The number of ether oxygens (including phenoxy) is 1. The zero-order valence-corrected chi connectivity index (χ0v) is 12.0. The van der Waals surface area contributed by atoms with Crippen LogP contribution in [0.25, 0.3) is 0 Å². The van der Waals surface area contributed by atoms with Crippen molar-refractivity contribution in [3.63, 3.8) is 0 Å². The third-order valence-corrected chi connectivity index (χ3v) is 2.93. The Balaban J connectivity index is 2.35. The first kappa shape index (κ1) is 16.2. The summed E-state index contributed by atoms with van der Waals surface area (Å²) in [6, 6.07) is 9.11. The Bertz CT molecular complexity index is 434. The van der Waals surface area contributed by atoms with Crippen LogP contribution in [0.1, 0.15) is 31.9 Å². The summed E-state index contributed by atoms with van der Waals surface area (Å²) in [7, 11) is 0. The van der Waals surface area contributed by atoms with Crippen LogP contribution in [0.3, 0.4) is 0 Å². The molecule has 0 radical (unpaired) electrons. The van der Waals surface area contributed by atoms with Crippen LogP contribution in [0.5, 0.6) is 0 Å². The van der Waals surface area contributed by atoms with Crippen LogP contribution in [0.2, 0.25) is 0 Å². The smallest absolute Gasteiger partial charge is 0.310 e. The molecule has 1 amide bonds. The van der Waals surface area contributed by atoms with Crippen molar-refractivity contribution in [1.82, 2.24) is 5.32 Å². The third-order valence-electron chi connectivity index (χ3n) is 2.93. The molecule has 0 aromatic heterocycles. The van der Waals surface area contributed by atoms with Crippen molar-refractivity contribution in [2.24, 2.45) is 11.7 Å². The van der Waals surface area contributed by atoms with Gasteiger partial charge in [0.2, 0.25) is 5.91 Å². The summed E-state index contributed by atoms with van der Waals surface area (Å²) in [6.07, 6.45) is 0.194. The zero-order valence-electron chi connectivity index (χ0n) is 12.0. The van der Waals surface area contributed by atoms with Crippen LogP contribution in [-0.4, -0.2) is 25.0 Å². The van der Waals surface area contributed by atoms with Crippen LogP contribution >= 0.6 is 0 Å². The number of esters is 1. The molecule has 5 nitrogen and oxygen atoms in total. The van der Waals surface area contributed by atoms with Gasteiger partial charge in [0.15, 0.2) is 0 Å². The second-order valence-electron chi connectivity index (χ2n) is 4.68. The molecule has 1 aromatic carbocycles.